The van der Waals surface area contributed by atoms with Crippen LogP contribution in [0.3, 0.4) is 0 Å². The Balaban J connectivity index is 1.86. The third-order valence-electron chi connectivity index (χ3n) is 3.65. The summed E-state index contributed by atoms with van der Waals surface area (Å²) in [5, 5.41) is 27.5. The number of aryl methyl sites for hydroxylation is 3. The Morgan fingerprint density at radius 1 is 1.54 bits per heavy atom. The Labute approximate surface area is 138 Å². The Morgan fingerprint density at radius 2 is 2.25 bits per heavy atom. The van der Waals surface area contributed by atoms with E-state index < -0.39 is 10.5 Å². The maximum atomic E-state index is 11.9. The van der Waals surface area contributed by atoms with Gasteiger partial charge in [-0.3, -0.25) is 19.6 Å². The highest BCUT2D eigenvalue weighted by Crippen LogP contribution is 2.26. The first-order valence-corrected chi connectivity index (χ1v) is 7.42. The molecule has 0 saturated heterocycles. The van der Waals surface area contributed by atoms with Gasteiger partial charge in [-0.25, -0.2) is 0 Å². The number of furan rings is 1. The second kappa shape index (κ2) is 6.83. The molecule has 1 atom stereocenters. The number of carbonyl (C=O) groups excluding carboxylic acids is 1. The van der Waals surface area contributed by atoms with Crippen LogP contribution in [0.4, 0.5) is 5.69 Å². The third-order valence-corrected chi connectivity index (χ3v) is 3.65. The van der Waals surface area contributed by atoms with Crippen molar-refractivity contribution in [1.82, 2.24) is 15.1 Å². The summed E-state index contributed by atoms with van der Waals surface area (Å²) < 4.78 is 6.73. The van der Waals surface area contributed by atoms with E-state index in [0.29, 0.717) is 17.1 Å². The van der Waals surface area contributed by atoms with Crippen molar-refractivity contribution >= 4 is 11.6 Å². The maximum absolute atomic E-state index is 11.9. The van der Waals surface area contributed by atoms with Crippen molar-refractivity contribution in [3.8, 4) is 0 Å². The first kappa shape index (κ1) is 17.7. The van der Waals surface area contributed by atoms with E-state index in [2.05, 4.69) is 10.4 Å². The van der Waals surface area contributed by atoms with Gasteiger partial charge in [-0.2, -0.15) is 5.10 Å². The highest BCUT2D eigenvalue weighted by molar-refractivity contribution is 5.75. The standard InChI is InChI=1S/C15H20N4O5/c1-10-6-13(11(2)24-10)15(3,21)9-16-14(20)4-5-18-8-12(7-17-18)19(22)23/h6-8,21H,4-5,9H2,1-3H3,(H,16,20). The van der Waals surface area contributed by atoms with Crippen LogP contribution in [0.25, 0.3) is 0 Å². The van der Waals surface area contributed by atoms with Crippen LogP contribution in [0.15, 0.2) is 22.9 Å². The summed E-state index contributed by atoms with van der Waals surface area (Å²) in [5.41, 5.74) is -0.741. The summed E-state index contributed by atoms with van der Waals surface area (Å²) in [6.07, 6.45) is 2.49. The molecule has 24 heavy (non-hydrogen) atoms. The predicted octanol–water partition coefficient (Wildman–Crippen LogP) is 1.42. The number of aromatic nitrogens is 2. The molecule has 0 radical (unpaired) electrons. The number of nitro groups is 1. The van der Waals surface area contributed by atoms with Gasteiger partial charge in [-0.05, 0) is 26.8 Å². The molecule has 2 rings (SSSR count). The molecule has 2 aromatic rings. The molecular formula is C15H20N4O5. The van der Waals surface area contributed by atoms with Crippen LogP contribution in [-0.4, -0.2) is 32.3 Å². The summed E-state index contributed by atoms with van der Waals surface area (Å²) in [6.45, 7) is 5.38. The predicted molar refractivity (Wildman–Crippen MR) is 84.3 cm³/mol. The zero-order valence-corrected chi connectivity index (χ0v) is 13.8. The second-order valence-corrected chi connectivity index (χ2v) is 5.85. The molecule has 0 spiro atoms. The average Bonchev–Trinajstić information content (AvgIpc) is 3.10. The van der Waals surface area contributed by atoms with E-state index in [9.17, 15) is 20.0 Å². The highest BCUT2D eigenvalue weighted by Gasteiger charge is 2.28. The van der Waals surface area contributed by atoms with Gasteiger partial charge < -0.3 is 14.8 Å². The molecule has 1 unspecified atom stereocenters. The lowest BCUT2D eigenvalue weighted by molar-refractivity contribution is -0.385. The van der Waals surface area contributed by atoms with Gasteiger partial charge in [-0.15, -0.1) is 0 Å². The fourth-order valence-corrected chi connectivity index (χ4v) is 2.41. The molecule has 0 fully saturated rings. The van der Waals surface area contributed by atoms with Crippen molar-refractivity contribution in [2.45, 2.75) is 39.3 Å². The number of hydrogen-bond donors (Lipinski definition) is 2. The Bertz CT molecular complexity index is 747. The number of nitrogens with one attached hydrogen (secondary N) is 1. The van der Waals surface area contributed by atoms with Crippen molar-refractivity contribution in [2.24, 2.45) is 0 Å². The van der Waals surface area contributed by atoms with Gasteiger partial charge in [0.1, 0.15) is 29.5 Å². The zero-order valence-electron chi connectivity index (χ0n) is 13.8. The number of amides is 1. The Kier molecular flexibility index (Phi) is 5.03. The van der Waals surface area contributed by atoms with Crippen LogP contribution >= 0.6 is 0 Å². The molecule has 0 saturated carbocycles. The largest absolute Gasteiger partial charge is 0.466 e. The number of hydrogen-bond acceptors (Lipinski definition) is 6. The summed E-state index contributed by atoms with van der Waals surface area (Å²) in [4.78, 5) is 21.9. The first-order valence-electron chi connectivity index (χ1n) is 7.42. The molecule has 9 heteroatoms. The maximum Gasteiger partial charge on any atom is 0.306 e. The molecule has 0 aliphatic carbocycles. The number of rotatable bonds is 7. The number of nitrogens with zero attached hydrogens (tertiary/aromatic N) is 3. The van der Waals surface area contributed by atoms with Crippen LogP contribution in [0, 0.1) is 24.0 Å². The molecule has 0 bridgehead atoms. The van der Waals surface area contributed by atoms with Crippen molar-refractivity contribution < 1.29 is 19.2 Å². The van der Waals surface area contributed by atoms with E-state index in [0.717, 1.165) is 6.20 Å². The van der Waals surface area contributed by atoms with E-state index in [1.54, 1.807) is 26.8 Å². The topological polar surface area (TPSA) is 123 Å². The van der Waals surface area contributed by atoms with Crippen LogP contribution in [0.2, 0.25) is 0 Å². The fraction of sp³-hybridized carbons (Fsp3) is 0.467. The summed E-state index contributed by atoms with van der Waals surface area (Å²) in [6, 6.07) is 1.74. The quantitative estimate of drug-likeness (QED) is 0.582. The Hall–Kier alpha value is -2.68. The third kappa shape index (κ3) is 4.19. The van der Waals surface area contributed by atoms with Crippen molar-refractivity contribution in [1.29, 1.82) is 0 Å². The lowest BCUT2D eigenvalue weighted by Crippen LogP contribution is -2.39. The smallest absolute Gasteiger partial charge is 0.306 e. The molecule has 0 aliphatic rings. The minimum absolute atomic E-state index is 0.0326. The fourth-order valence-electron chi connectivity index (χ4n) is 2.41. The van der Waals surface area contributed by atoms with Gasteiger partial charge in [-0.1, -0.05) is 0 Å². The van der Waals surface area contributed by atoms with E-state index in [1.165, 1.54) is 10.9 Å². The second-order valence-electron chi connectivity index (χ2n) is 5.85. The normalized spacial score (nSPS) is 13.5. The van der Waals surface area contributed by atoms with Crippen molar-refractivity contribution in [3.63, 3.8) is 0 Å². The van der Waals surface area contributed by atoms with Gasteiger partial charge in [0.25, 0.3) is 0 Å². The minimum Gasteiger partial charge on any atom is -0.466 e. The van der Waals surface area contributed by atoms with Crippen molar-refractivity contribution in [3.05, 3.63) is 45.7 Å². The number of carbonyl (C=O) groups is 1. The summed E-state index contributed by atoms with van der Waals surface area (Å²) >= 11 is 0. The van der Waals surface area contributed by atoms with Gasteiger partial charge in [0, 0.05) is 18.5 Å². The SMILES string of the molecule is Cc1cc(C(C)(O)CNC(=O)CCn2cc([N+](=O)[O-])cn2)c(C)o1. The van der Waals surface area contributed by atoms with Crippen LogP contribution in [0.5, 0.6) is 0 Å². The van der Waals surface area contributed by atoms with E-state index in [1.807, 2.05) is 0 Å². The first-order chi connectivity index (χ1) is 11.2. The molecule has 130 valence electrons. The average molecular weight is 336 g/mol. The van der Waals surface area contributed by atoms with E-state index >= 15 is 0 Å². The van der Waals surface area contributed by atoms with Gasteiger partial charge in [0.15, 0.2) is 0 Å². The molecule has 2 N–H and O–H groups in total. The lowest BCUT2D eigenvalue weighted by atomic mass is 9.96. The van der Waals surface area contributed by atoms with Crippen LogP contribution in [-0.2, 0) is 16.9 Å². The summed E-state index contributed by atoms with van der Waals surface area (Å²) in [5.74, 6) is 1.01. The van der Waals surface area contributed by atoms with E-state index in [4.69, 9.17) is 4.42 Å². The van der Waals surface area contributed by atoms with Crippen LogP contribution < -0.4 is 5.32 Å². The summed E-state index contributed by atoms with van der Waals surface area (Å²) in [7, 11) is 0. The molecule has 2 aromatic heterocycles. The minimum atomic E-state index is -1.25. The Morgan fingerprint density at radius 3 is 2.79 bits per heavy atom. The monoisotopic (exact) mass is 336 g/mol. The van der Waals surface area contributed by atoms with Gasteiger partial charge in [0.2, 0.25) is 5.91 Å². The molecule has 2 heterocycles. The van der Waals surface area contributed by atoms with Gasteiger partial charge in [0.05, 0.1) is 11.5 Å². The molecular weight excluding hydrogens is 316 g/mol. The number of aliphatic hydroxyl groups is 1. The highest BCUT2D eigenvalue weighted by atomic mass is 16.6. The molecule has 1 amide bonds. The zero-order chi connectivity index (χ0) is 17.9. The molecule has 0 aliphatic heterocycles. The van der Waals surface area contributed by atoms with Crippen molar-refractivity contribution in [2.75, 3.05) is 6.54 Å². The lowest BCUT2D eigenvalue weighted by Gasteiger charge is -2.23. The van der Waals surface area contributed by atoms with Crippen LogP contribution in [0.1, 0.15) is 30.4 Å². The molecule has 0 aromatic carbocycles. The molecule has 9 nitrogen and oxygen atoms in total. The van der Waals surface area contributed by atoms with E-state index in [-0.39, 0.29) is 31.1 Å². The van der Waals surface area contributed by atoms with Gasteiger partial charge >= 0.3 is 5.69 Å².